The molecule has 0 radical (unpaired) electrons. The predicted octanol–water partition coefficient (Wildman–Crippen LogP) is 5.40. The molecule has 0 spiro atoms. The first kappa shape index (κ1) is 14.2. The van der Waals surface area contributed by atoms with Crippen molar-refractivity contribution in [2.75, 3.05) is 11.9 Å². The van der Waals surface area contributed by atoms with E-state index in [2.05, 4.69) is 76.6 Å². The van der Waals surface area contributed by atoms with Gasteiger partial charge in [-0.3, -0.25) is 0 Å². The number of rotatable bonds is 5. The van der Waals surface area contributed by atoms with Gasteiger partial charge in [-0.05, 0) is 28.5 Å². The second-order valence-corrected chi connectivity index (χ2v) is 5.73. The third-order valence-electron chi connectivity index (χ3n) is 3.63. The zero-order valence-electron chi connectivity index (χ0n) is 11.7. The van der Waals surface area contributed by atoms with Crippen LogP contribution in [0.25, 0.3) is 10.8 Å². The van der Waals surface area contributed by atoms with Gasteiger partial charge < -0.3 is 4.74 Å². The fourth-order valence-corrected chi connectivity index (χ4v) is 2.97. The summed E-state index contributed by atoms with van der Waals surface area (Å²) in [5, 5.41) is 3.35. The molecule has 0 aliphatic carbocycles. The molecule has 1 unspecified atom stereocenters. The molecule has 0 saturated heterocycles. The minimum Gasteiger partial charge on any atom is -0.493 e. The van der Waals surface area contributed by atoms with Gasteiger partial charge in [-0.15, -0.1) is 0 Å². The van der Waals surface area contributed by atoms with E-state index >= 15 is 0 Å². The van der Waals surface area contributed by atoms with Gasteiger partial charge in [0.1, 0.15) is 5.75 Å². The molecule has 0 aromatic heterocycles. The topological polar surface area (TPSA) is 9.23 Å². The quantitative estimate of drug-likeness (QED) is 0.565. The summed E-state index contributed by atoms with van der Waals surface area (Å²) in [5.74, 6) is 1.29. The lowest BCUT2D eigenvalue weighted by atomic mass is 10.0. The molecule has 0 bridgehead atoms. The third-order valence-corrected chi connectivity index (χ3v) is 4.41. The van der Waals surface area contributed by atoms with Gasteiger partial charge in [0.2, 0.25) is 0 Å². The fourth-order valence-electron chi connectivity index (χ4n) is 2.41. The number of halogens is 1. The Labute approximate surface area is 133 Å². The van der Waals surface area contributed by atoms with E-state index in [1.54, 1.807) is 0 Å². The molecule has 0 saturated carbocycles. The van der Waals surface area contributed by atoms with E-state index < -0.39 is 0 Å². The number of alkyl halides is 1. The van der Waals surface area contributed by atoms with Crippen LogP contribution in [-0.2, 0) is 0 Å². The maximum atomic E-state index is 5.99. The van der Waals surface area contributed by atoms with E-state index in [9.17, 15) is 0 Å². The molecule has 106 valence electrons. The number of ether oxygens (including phenoxy) is 1. The van der Waals surface area contributed by atoms with Crippen LogP contribution in [0.1, 0.15) is 11.5 Å². The van der Waals surface area contributed by atoms with Crippen LogP contribution in [0.2, 0.25) is 0 Å². The van der Waals surface area contributed by atoms with Crippen LogP contribution in [0.3, 0.4) is 0 Å². The van der Waals surface area contributed by atoms with Gasteiger partial charge >= 0.3 is 0 Å². The van der Waals surface area contributed by atoms with Crippen LogP contribution < -0.4 is 4.74 Å². The lowest BCUT2D eigenvalue weighted by Gasteiger charge is -2.16. The Morgan fingerprint density at radius 1 is 0.810 bits per heavy atom. The zero-order chi connectivity index (χ0) is 14.5. The van der Waals surface area contributed by atoms with E-state index in [-0.39, 0.29) is 0 Å². The highest BCUT2D eigenvalue weighted by atomic mass is 79.9. The van der Waals surface area contributed by atoms with Crippen LogP contribution in [-0.4, -0.2) is 11.9 Å². The molecule has 1 atom stereocenters. The Hall–Kier alpha value is -1.80. The van der Waals surface area contributed by atoms with Crippen molar-refractivity contribution in [3.8, 4) is 5.75 Å². The van der Waals surface area contributed by atoms with E-state index in [1.807, 2.05) is 12.1 Å². The van der Waals surface area contributed by atoms with E-state index in [0.29, 0.717) is 12.5 Å². The first-order valence-corrected chi connectivity index (χ1v) is 8.21. The molecule has 0 amide bonds. The number of fused-ring (bicyclic) bond motifs is 1. The van der Waals surface area contributed by atoms with Crippen molar-refractivity contribution in [3.63, 3.8) is 0 Å². The lowest BCUT2D eigenvalue weighted by Crippen LogP contribution is -2.11. The van der Waals surface area contributed by atoms with Gasteiger partial charge in [-0.1, -0.05) is 76.6 Å². The first-order chi connectivity index (χ1) is 10.4. The average molecular weight is 341 g/mol. The standard InChI is InChI=1S/C19H17BrO/c20-13-18(15-6-2-1-3-7-15)14-21-19-11-10-16-8-4-5-9-17(16)12-19/h1-12,18H,13-14H2. The fraction of sp³-hybridized carbons (Fsp3) is 0.158. The molecule has 3 aromatic carbocycles. The van der Waals surface area contributed by atoms with Crippen molar-refractivity contribution in [1.29, 1.82) is 0 Å². The van der Waals surface area contributed by atoms with Crippen LogP contribution >= 0.6 is 15.9 Å². The summed E-state index contributed by atoms with van der Waals surface area (Å²) in [6, 6.07) is 25.1. The van der Waals surface area contributed by atoms with Gasteiger partial charge in [-0.25, -0.2) is 0 Å². The molecular formula is C19H17BrO. The summed E-state index contributed by atoms with van der Waals surface area (Å²) >= 11 is 3.59. The summed E-state index contributed by atoms with van der Waals surface area (Å²) in [6.07, 6.45) is 0. The largest absolute Gasteiger partial charge is 0.493 e. The summed E-state index contributed by atoms with van der Waals surface area (Å²) in [6.45, 7) is 0.674. The molecule has 0 N–H and O–H groups in total. The van der Waals surface area contributed by atoms with Crippen molar-refractivity contribution in [3.05, 3.63) is 78.4 Å². The van der Waals surface area contributed by atoms with Crippen LogP contribution in [0.15, 0.2) is 72.8 Å². The molecule has 3 aromatic rings. The van der Waals surface area contributed by atoms with Crippen molar-refractivity contribution < 1.29 is 4.74 Å². The maximum absolute atomic E-state index is 5.99. The summed E-state index contributed by atoms with van der Waals surface area (Å²) in [4.78, 5) is 0. The molecule has 0 fully saturated rings. The number of hydrogen-bond acceptors (Lipinski definition) is 1. The molecule has 0 aliphatic rings. The van der Waals surface area contributed by atoms with Gasteiger partial charge in [0.05, 0.1) is 6.61 Å². The van der Waals surface area contributed by atoms with Gasteiger partial charge in [0.15, 0.2) is 0 Å². The highest BCUT2D eigenvalue weighted by molar-refractivity contribution is 9.09. The zero-order valence-corrected chi connectivity index (χ0v) is 13.3. The second-order valence-electron chi connectivity index (χ2n) is 5.08. The first-order valence-electron chi connectivity index (χ1n) is 7.09. The van der Waals surface area contributed by atoms with E-state index in [0.717, 1.165) is 11.1 Å². The highest BCUT2D eigenvalue weighted by Gasteiger charge is 2.10. The van der Waals surface area contributed by atoms with Gasteiger partial charge in [-0.2, -0.15) is 0 Å². The molecule has 3 rings (SSSR count). The van der Waals surface area contributed by atoms with Gasteiger partial charge in [0.25, 0.3) is 0 Å². The molecule has 21 heavy (non-hydrogen) atoms. The second kappa shape index (κ2) is 6.77. The summed E-state index contributed by atoms with van der Waals surface area (Å²) < 4.78 is 5.99. The van der Waals surface area contributed by atoms with Crippen molar-refractivity contribution in [2.45, 2.75) is 5.92 Å². The molecule has 0 aliphatic heterocycles. The smallest absolute Gasteiger partial charge is 0.119 e. The Morgan fingerprint density at radius 2 is 1.52 bits per heavy atom. The Kier molecular flexibility index (Phi) is 4.56. The summed E-state index contributed by atoms with van der Waals surface area (Å²) in [5.41, 5.74) is 1.30. The van der Waals surface area contributed by atoms with E-state index in [4.69, 9.17) is 4.74 Å². The minimum atomic E-state index is 0.359. The van der Waals surface area contributed by atoms with Gasteiger partial charge in [0, 0.05) is 11.2 Å². The predicted molar refractivity (Wildman–Crippen MR) is 92.4 cm³/mol. The monoisotopic (exact) mass is 340 g/mol. The summed E-state index contributed by atoms with van der Waals surface area (Å²) in [7, 11) is 0. The Morgan fingerprint density at radius 3 is 2.29 bits per heavy atom. The Bertz CT molecular complexity index is 709. The Balaban J connectivity index is 1.73. The SMILES string of the molecule is BrCC(COc1ccc2ccccc2c1)c1ccccc1. The number of benzene rings is 3. The van der Waals surface area contributed by atoms with Crippen LogP contribution in [0.5, 0.6) is 5.75 Å². The van der Waals surface area contributed by atoms with Crippen LogP contribution in [0.4, 0.5) is 0 Å². The molecule has 2 heteroatoms. The third kappa shape index (κ3) is 3.45. The van der Waals surface area contributed by atoms with Crippen LogP contribution in [0, 0.1) is 0 Å². The number of hydrogen-bond donors (Lipinski definition) is 0. The highest BCUT2D eigenvalue weighted by Crippen LogP contribution is 2.23. The van der Waals surface area contributed by atoms with Crippen molar-refractivity contribution in [1.82, 2.24) is 0 Å². The van der Waals surface area contributed by atoms with Crippen molar-refractivity contribution >= 4 is 26.7 Å². The molecule has 0 heterocycles. The minimum absolute atomic E-state index is 0.359. The molecule has 1 nitrogen and oxygen atoms in total. The molecular weight excluding hydrogens is 324 g/mol. The van der Waals surface area contributed by atoms with Crippen molar-refractivity contribution in [2.24, 2.45) is 0 Å². The average Bonchev–Trinajstić information content (AvgIpc) is 2.56. The maximum Gasteiger partial charge on any atom is 0.119 e. The lowest BCUT2D eigenvalue weighted by molar-refractivity contribution is 0.298. The normalized spacial score (nSPS) is 12.2. The van der Waals surface area contributed by atoms with E-state index in [1.165, 1.54) is 16.3 Å².